The Labute approximate surface area is 362 Å². The molecule has 0 aliphatic carbocycles. The lowest BCUT2D eigenvalue weighted by Crippen LogP contribution is -2.35. The summed E-state index contributed by atoms with van der Waals surface area (Å²) < 4.78 is 21.6. The van der Waals surface area contributed by atoms with Gasteiger partial charge in [0, 0.05) is 51.0 Å². The van der Waals surface area contributed by atoms with Gasteiger partial charge in [-0.3, -0.25) is 0 Å². The third-order valence-electron chi connectivity index (χ3n) is 11.6. The van der Waals surface area contributed by atoms with Gasteiger partial charge >= 0.3 is 0 Å². The number of ether oxygens (including phenoxy) is 3. The van der Waals surface area contributed by atoms with E-state index >= 15 is 0 Å². The topological polar surface area (TPSA) is 109 Å². The van der Waals surface area contributed by atoms with Crippen LogP contribution in [0.1, 0.15) is 65.5 Å². The van der Waals surface area contributed by atoms with Gasteiger partial charge in [-0.05, 0) is 112 Å². The van der Waals surface area contributed by atoms with Gasteiger partial charge in [-0.15, -0.1) is 22.7 Å². The molecule has 0 radical (unpaired) electrons. The van der Waals surface area contributed by atoms with Gasteiger partial charge in [-0.25, -0.2) is 9.97 Å². The molecular formula is C48H58N6O4S2. The molecule has 6 aromatic rings. The molecule has 316 valence electrons. The van der Waals surface area contributed by atoms with Crippen LogP contribution in [0.2, 0.25) is 0 Å². The van der Waals surface area contributed by atoms with Gasteiger partial charge in [0.2, 0.25) is 0 Å². The summed E-state index contributed by atoms with van der Waals surface area (Å²) in [5, 5.41) is 10.9. The number of piperidine rings is 2. The predicted octanol–water partition coefficient (Wildman–Crippen LogP) is 8.46. The summed E-state index contributed by atoms with van der Waals surface area (Å²) in [4.78, 5) is 17.0. The average Bonchev–Trinajstić information content (AvgIpc) is 4.04. The number of aliphatic hydroxyl groups excluding tert-OH is 1. The molecule has 5 heterocycles. The molecule has 60 heavy (non-hydrogen) atoms. The van der Waals surface area contributed by atoms with Gasteiger partial charge in [-0.1, -0.05) is 54.6 Å². The van der Waals surface area contributed by atoms with Crippen molar-refractivity contribution in [1.82, 2.24) is 19.8 Å². The Hall–Kier alpha value is -4.24. The summed E-state index contributed by atoms with van der Waals surface area (Å²) >= 11 is 3.44. The quantitative estimate of drug-likeness (QED) is 0.110. The number of aliphatic hydroxyl groups is 1. The van der Waals surface area contributed by atoms with Gasteiger partial charge in [0.25, 0.3) is 0 Å². The van der Waals surface area contributed by atoms with Crippen molar-refractivity contribution in [3.63, 3.8) is 0 Å². The molecule has 3 aliphatic heterocycles. The molecule has 0 bridgehead atoms. The minimum atomic E-state index is -0.215. The molecule has 2 aromatic heterocycles. The summed E-state index contributed by atoms with van der Waals surface area (Å²) in [7, 11) is 4.35. The van der Waals surface area contributed by atoms with E-state index in [0.717, 1.165) is 104 Å². The van der Waals surface area contributed by atoms with E-state index < -0.39 is 0 Å². The Morgan fingerprint density at radius 3 is 1.77 bits per heavy atom. The number of rotatable bonds is 13. The number of nitrogens with two attached hydrogens (primary N) is 1. The minimum absolute atomic E-state index is 0.0213. The largest absolute Gasteiger partial charge is 0.490 e. The van der Waals surface area contributed by atoms with Crippen LogP contribution in [0, 0.1) is 0 Å². The number of hydrogen-bond acceptors (Lipinski definition) is 12. The zero-order chi connectivity index (χ0) is 41.3. The van der Waals surface area contributed by atoms with Crippen molar-refractivity contribution < 1.29 is 19.3 Å². The van der Waals surface area contributed by atoms with Crippen LogP contribution in [0.25, 0.3) is 20.4 Å². The Kier molecular flexibility index (Phi) is 14.5. The Bertz CT molecular complexity index is 2230. The van der Waals surface area contributed by atoms with E-state index in [0.29, 0.717) is 6.61 Å². The van der Waals surface area contributed by atoms with Gasteiger partial charge < -0.3 is 39.8 Å². The molecule has 3 atom stereocenters. The highest BCUT2D eigenvalue weighted by Crippen LogP contribution is 2.38. The number of fused-ring (bicyclic) bond motifs is 2. The van der Waals surface area contributed by atoms with Crippen LogP contribution in [0.5, 0.6) is 5.75 Å². The van der Waals surface area contributed by atoms with E-state index in [1.54, 1.807) is 28.7 Å². The number of benzene rings is 4. The molecular weight excluding hydrogens is 789 g/mol. The summed E-state index contributed by atoms with van der Waals surface area (Å²) in [6.45, 7) is 6.66. The van der Waals surface area contributed by atoms with E-state index in [4.69, 9.17) is 35.0 Å². The molecule has 0 saturated carbocycles. The second kappa shape index (κ2) is 20.5. The van der Waals surface area contributed by atoms with E-state index in [2.05, 4.69) is 95.5 Å². The third-order valence-corrected chi connectivity index (χ3v) is 13.8. The Balaban J connectivity index is 0.000000166. The first-order valence-corrected chi connectivity index (χ1v) is 23.0. The van der Waals surface area contributed by atoms with Crippen LogP contribution in [0.4, 0.5) is 5.69 Å². The first kappa shape index (κ1) is 42.5. The molecule has 3 N–H and O–H groups in total. The molecule has 3 fully saturated rings. The van der Waals surface area contributed by atoms with E-state index in [1.807, 2.05) is 36.4 Å². The van der Waals surface area contributed by atoms with Gasteiger partial charge in [0.05, 0.1) is 39.2 Å². The number of para-hydroxylation sites is 2. The second-order valence-electron chi connectivity index (χ2n) is 16.2. The Morgan fingerprint density at radius 1 is 0.683 bits per heavy atom. The first-order valence-electron chi connectivity index (χ1n) is 21.4. The number of hydrogen-bond donors (Lipinski definition) is 2. The molecule has 0 spiro atoms. The van der Waals surface area contributed by atoms with Crippen LogP contribution < -0.4 is 15.4 Å². The summed E-state index contributed by atoms with van der Waals surface area (Å²) in [6, 6.07) is 33.7. The van der Waals surface area contributed by atoms with Crippen molar-refractivity contribution in [2.75, 3.05) is 71.5 Å². The van der Waals surface area contributed by atoms with E-state index in [9.17, 15) is 0 Å². The van der Waals surface area contributed by atoms with Crippen LogP contribution in [-0.4, -0.2) is 110 Å². The summed E-state index contributed by atoms with van der Waals surface area (Å²) in [5.74, 6) is 0.785. The number of nitrogens with zero attached hydrogens (tertiary/aromatic N) is 5. The number of likely N-dealkylation sites (tertiary alicyclic amines) is 2. The summed E-state index contributed by atoms with van der Waals surface area (Å²) in [5.41, 5.74) is 11.7. The lowest BCUT2D eigenvalue weighted by molar-refractivity contribution is -0.0235. The molecule has 9 rings (SSSR count). The van der Waals surface area contributed by atoms with Crippen molar-refractivity contribution in [3.8, 4) is 5.75 Å². The standard InChI is InChI=1S/C24H30N4OS.C24H28N2O3S/c1-27-12-10-20(11-13-27)29-23(24-26-21-7-2-3-8-22(21)30-24)17-5-4-6-19(15-17)28-14-9-18(25)16-28;1-26-13-11-19(12-14-26)29-23(24-25-21-9-2-3-10-22(21)30-24)18-7-6-8-20(17-18)28-16-5-4-15-27/h2-8,15,18,20,23H,9-14,16,25H2,1H3;2-10,17,19,23,27H,11-16H2,1H3. The highest BCUT2D eigenvalue weighted by Gasteiger charge is 2.29. The molecule has 3 aliphatic rings. The highest BCUT2D eigenvalue weighted by atomic mass is 32.1. The van der Waals surface area contributed by atoms with Crippen LogP contribution in [-0.2, 0) is 9.47 Å². The number of aromatic nitrogens is 2. The van der Waals surface area contributed by atoms with Crippen molar-refractivity contribution in [1.29, 1.82) is 0 Å². The number of anilines is 1. The maximum Gasteiger partial charge on any atom is 0.135 e. The zero-order valence-corrected chi connectivity index (χ0v) is 36.4. The molecule has 3 unspecified atom stereocenters. The maximum atomic E-state index is 8.87. The van der Waals surface area contributed by atoms with Gasteiger partial charge in [0.15, 0.2) is 0 Å². The minimum Gasteiger partial charge on any atom is -0.490 e. The van der Waals surface area contributed by atoms with E-state index in [-0.39, 0.29) is 37.1 Å². The van der Waals surface area contributed by atoms with Crippen molar-refractivity contribution in [2.45, 2.75) is 62.6 Å². The van der Waals surface area contributed by atoms with E-state index in [1.165, 1.54) is 20.7 Å². The van der Waals surface area contributed by atoms with Gasteiger partial charge in [-0.2, -0.15) is 0 Å². The average molecular weight is 847 g/mol. The maximum absolute atomic E-state index is 8.87. The SMILES string of the molecule is CN1CCC(OC(c2cccc(N3CCC(N)C3)c2)c2nc3ccccc3s2)CC1.CN1CCC(OC(c2cccc(OCC=CCO)c2)c2nc3ccccc3s2)CC1. The first-order chi connectivity index (χ1) is 29.4. The molecule has 4 aromatic carbocycles. The van der Waals surface area contributed by atoms with Crippen molar-refractivity contribution >= 4 is 48.8 Å². The smallest absolute Gasteiger partial charge is 0.135 e. The van der Waals surface area contributed by atoms with Crippen molar-refractivity contribution in [3.05, 3.63) is 130 Å². The highest BCUT2D eigenvalue weighted by molar-refractivity contribution is 7.19. The number of thiazole rings is 2. The van der Waals surface area contributed by atoms with Gasteiger partial charge in [0.1, 0.15) is 34.6 Å². The molecule has 0 amide bonds. The summed E-state index contributed by atoms with van der Waals surface area (Å²) in [6.07, 6.45) is 8.87. The Morgan fingerprint density at radius 2 is 1.23 bits per heavy atom. The molecule has 12 heteroatoms. The monoisotopic (exact) mass is 846 g/mol. The molecule has 3 saturated heterocycles. The normalized spacial score (nSPS) is 19.5. The lowest BCUT2D eigenvalue weighted by atomic mass is 10.1. The third kappa shape index (κ3) is 11.0. The van der Waals surface area contributed by atoms with Crippen LogP contribution >= 0.6 is 22.7 Å². The fourth-order valence-electron chi connectivity index (χ4n) is 8.15. The van der Waals surface area contributed by atoms with Crippen LogP contribution in [0.3, 0.4) is 0 Å². The lowest BCUT2D eigenvalue weighted by Gasteiger charge is -2.31. The van der Waals surface area contributed by atoms with Crippen molar-refractivity contribution in [2.24, 2.45) is 5.73 Å². The zero-order valence-electron chi connectivity index (χ0n) is 34.8. The second-order valence-corrected chi connectivity index (χ2v) is 18.3. The van der Waals surface area contributed by atoms with Crippen LogP contribution in [0.15, 0.2) is 109 Å². The molecule has 10 nitrogen and oxygen atoms in total. The fraction of sp³-hybridized carbons (Fsp3) is 0.417. The fourth-order valence-corrected chi connectivity index (χ4v) is 10.2. The predicted molar refractivity (Wildman–Crippen MR) is 246 cm³/mol.